The first-order valence-electron chi connectivity index (χ1n) is 13.3. The van der Waals surface area contributed by atoms with Gasteiger partial charge in [-0.2, -0.15) is 0 Å². The number of nitrogens with one attached hydrogen (secondary N) is 1. The molecule has 3 aliphatic rings. The van der Waals surface area contributed by atoms with Crippen LogP contribution >= 0.6 is 15.9 Å². The predicted molar refractivity (Wildman–Crippen MR) is 151 cm³/mol. The number of ketones is 1. The predicted octanol–water partition coefficient (Wildman–Crippen LogP) is 6.32. The van der Waals surface area contributed by atoms with Crippen LogP contribution in [-0.4, -0.2) is 39.2 Å². The molecule has 1 N–H and O–H groups in total. The molecule has 39 heavy (non-hydrogen) atoms. The standard InChI is InChI=1S/C31H34BrNO6/c1-17-28(31(35)39-21-7-5-6-8-21)29(22-16-20(32)10-12-25(22)36-2)30-23(33-17)13-19(14-24(30)34)18-9-11-26(37-3)27(15-18)38-4/h9-12,15-16,19,21,29,33H,5-8,13-14H2,1-4H3/t19-,29+/m1/s1. The number of benzene rings is 2. The van der Waals surface area contributed by atoms with Crippen molar-refractivity contribution in [1.29, 1.82) is 0 Å². The van der Waals surface area contributed by atoms with Gasteiger partial charge < -0.3 is 24.3 Å². The summed E-state index contributed by atoms with van der Waals surface area (Å²) in [7, 11) is 4.81. The Morgan fingerprint density at radius 1 is 0.923 bits per heavy atom. The minimum absolute atomic E-state index is 0.00534. The van der Waals surface area contributed by atoms with E-state index in [0.717, 1.165) is 47.0 Å². The van der Waals surface area contributed by atoms with Gasteiger partial charge in [0.2, 0.25) is 0 Å². The Kier molecular flexibility index (Phi) is 8.03. The zero-order chi connectivity index (χ0) is 27.7. The van der Waals surface area contributed by atoms with E-state index in [4.69, 9.17) is 18.9 Å². The molecule has 206 valence electrons. The number of halogens is 1. The molecule has 2 aromatic carbocycles. The molecule has 2 atom stereocenters. The molecule has 7 nitrogen and oxygen atoms in total. The van der Waals surface area contributed by atoms with Crippen LogP contribution in [0.25, 0.3) is 0 Å². The van der Waals surface area contributed by atoms with E-state index in [2.05, 4.69) is 21.2 Å². The summed E-state index contributed by atoms with van der Waals surface area (Å²) < 4.78 is 23.5. The molecule has 1 fully saturated rings. The van der Waals surface area contributed by atoms with E-state index >= 15 is 0 Å². The zero-order valence-corrected chi connectivity index (χ0v) is 24.4. The van der Waals surface area contributed by atoms with E-state index in [1.165, 1.54) is 0 Å². The molecule has 0 spiro atoms. The third kappa shape index (κ3) is 5.31. The molecule has 1 saturated carbocycles. The molecule has 1 aliphatic heterocycles. The number of hydrogen-bond acceptors (Lipinski definition) is 7. The Morgan fingerprint density at radius 3 is 2.31 bits per heavy atom. The van der Waals surface area contributed by atoms with E-state index in [-0.39, 0.29) is 23.8 Å². The summed E-state index contributed by atoms with van der Waals surface area (Å²) in [5.74, 6) is 0.865. The Balaban J connectivity index is 1.57. The summed E-state index contributed by atoms with van der Waals surface area (Å²) in [6, 6.07) is 11.5. The van der Waals surface area contributed by atoms with Crippen LogP contribution in [0.3, 0.4) is 0 Å². The maximum absolute atomic E-state index is 14.0. The number of carbonyl (C=O) groups excluding carboxylic acids is 2. The highest BCUT2D eigenvalue weighted by atomic mass is 79.9. The Labute approximate surface area is 237 Å². The van der Waals surface area contributed by atoms with Gasteiger partial charge in [0.05, 0.1) is 32.8 Å². The van der Waals surface area contributed by atoms with Gasteiger partial charge in [0.15, 0.2) is 17.3 Å². The average Bonchev–Trinajstić information content (AvgIpc) is 3.44. The average molecular weight is 597 g/mol. The van der Waals surface area contributed by atoms with Crippen molar-refractivity contribution in [3.8, 4) is 17.2 Å². The highest BCUT2D eigenvalue weighted by Gasteiger charge is 2.43. The minimum atomic E-state index is -0.596. The number of esters is 1. The number of methoxy groups -OCH3 is 3. The van der Waals surface area contributed by atoms with Gasteiger partial charge in [-0.15, -0.1) is 0 Å². The number of carbonyl (C=O) groups is 2. The normalized spacial score (nSPS) is 21.4. The number of hydrogen-bond donors (Lipinski definition) is 1. The van der Waals surface area contributed by atoms with Crippen molar-refractivity contribution in [3.63, 3.8) is 0 Å². The lowest BCUT2D eigenvalue weighted by atomic mass is 9.71. The molecule has 0 unspecified atom stereocenters. The van der Waals surface area contributed by atoms with Crippen LogP contribution in [0.4, 0.5) is 0 Å². The van der Waals surface area contributed by atoms with Crippen molar-refractivity contribution < 1.29 is 28.5 Å². The van der Waals surface area contributed by atoms with Crippen LogP contribution in [0.1, 0.15) is 68.4 Å². The molecular formula is C31H34BrNO6. The lowest BCUT2D eigenvalue weighted by Crippen LogP contribution is -2.36. The van der Waals surface area contributed by atoms with Gasteiger partial charge in [-0.25, -0.2) is 4.79 Å². The van der Waals surface area contributed by atoms with Crippen molar-refractivity contribution in [3.05, 3.63) is 74.5 Å². The SMILES string of the molecule is COc1ccc([C@H]2CC(=O)C3=C(C2)NC(C)=C(C(=O)OC2CCCC2)[C@@H]3c2cc(Br)ccc2OC)cc1OC. The quantitative estimate of drug-likeness (QED) is 0.375. The minimum Gasteiger partial charge on any atom is -0.496 e. The van der Waals surface area contributed by atoms with Crippen LogP contribution in [-0.2, 0) is 14.3 Å². The fourth-order valence-electron chi connectivity index (χ4n) is 6.11. The van der Waals surface area contributed by atoms with Crippen molar-refractivity contribution in [2.75, 3.05) is 21.3 Å². The monoisotopic (exact) mass is 595 g/mol. The zero-order valence-electron chi connectivity index (χ0n) is 22.8. The second-order valence-electron chi connectivity index (χ2n) is 10.3. The molecule has 0 bridgehead atoms. The smallest absolute Gasteiger partial charge is 0.337 e. The van der Waals surface area contributed by atoms with E-state index in [1.54, 1.807) is 21.3 Å². The molecule has 0 aromatic heterocycles. The van der Waals surface area contributed by atoms with Gasteiger partial charge in [-0.05, 0) is 80.8 Å². The maximum atomic E-state index is 14.0. The first-order valence-corrected chi connectivity index (χ1v) is 14.1. The topological polar surface area (TPSA) is 83.1 Å². The summed E-state index contributed by atoms with van der Waals surface area (Å²) in [5.41, 5.74) is 4.36. The van der Waals surface area contributed by atoms with Gasteiger partial charge in [-0.3, -0.25) is 4.79 Å². The van der Waals surface area contributed by atoms with Crippen molar-refractivity contribution in [2.45, 2.75) is 63.4 Å². The molecule has 1 heterocycles. The molecular weight excluding hydrogens is 562 g/mol. The van der Waals surface area contributed by atoms with Crippen LogP contribution in [0.15, 0.2) is 63.4 Å². The third-order valence-electron chi connectivity index (χ3n) is 8.01. The van der Waals surface area contributed by atoms with E-state index < -0.39 is 5.92 Å². The van der Waals surface area contributed by atoms with E-state index in [1.807, 2.05) is 43.3 Å². The Bertz CT molecular complexity index is 1360. The van der Waals surface area contributed by atoms with E-state index in [0.29, 0.717) is 46.9 Å². The second kappa shape index (κ2) is 11.5. The van der Waals surface area contributed by atoms with Crippen LogP contribution in [0, 0.1) is 0 Å². The van der Waals surface area contributed by atoms with Crippen molar-refractivity contribution >= 4 is 27.7 Å². The van der Waals surface area contributed by atoms with E-state index in [9.17, 15) is 9.59 Å². The summed E-state index contributed by atoms with van der Waals surface area (Å²) in [6.45, 7) is 1.89. The van der Waals surface area contributed by atoms with Crippen LogP contribution in [0.2, 0.25) is 0 Å². The highest BCUT2D eigenvalue weighted by Crippen LogP contribution is 2.49. The first-order chi connectivity index (χ1) is 18.8. The third-order valence-corrected chi connectivity index (χ3v) is 8.50. The lowest BCUT2D eigenvalue weighted by molar-refractivity contribution is -0.144. The summed E-state index contributed by atoms with van der Waals surface area (Å²) in [6.07, 6.45) is 4.70. The number of dihydropyridines is 1. The molecule has 0 radical (unpaired) electrons. The molecule has 0 amide bonds. The van der Waals surface area contributed by atoms with Gasteiger partial charge in [0.1, 0.15) is 11.9 Å². The molecule has 0 saturated heterocycles. The summed E-state index contributed by atoms with van der Waals surface area (Å²) in [4.78, 5) is 27.7. The fourth-order valence-corrected chi connectivity index (χ4v) is 6.49. The second-order valence-corrected chi connectivity index (χ2v) is 11.2. The maximum Gasteiger partial charge on any atom is 0.337 e. The first kappa shape index (κ1) is 27.3. The Hall–Kier alpha value is -3.26. The largest absolute Gasteiger partial charge is 0.496 e. The molecule has 2 aliphatic carbocycles. The van der Waals surface area contributed by atoms with Gasteiger partial charge in [0, 0.05) is 33.4 Å². The molecule has 2 aromatic rings. The molecule has 8 heteroatoms. The summed E-state index contributed by atoms with van der Waals surface area (Å²) in [5, 5.41) is 3.44. The molecule has 5 rings (SSSR count). The van der Waals surface area contributed by atoms with Gasteiger partial charge in [0.25, 0.3) is 0 Å². The highest BCUT2D eigenvalue weighted by molar-refractivity contribution is 9.10. The van der Waals surface area contributed by atoms with Gasteiger partial charge in [-0.1, -0.05) is 22.0 Å². The number of ether oxygens (including phenoxy) is 4. The summed E-state index contributed by atoms with van der Waals surface area (Å²) >= 11 is 3.58. The van der Waals surface area contributed by atoms with Crippen LogP contribution in [0.5, 0.6) is 17.2 Å². The fraction of sp³-hybridized carbons (Fsp3) is 0.419. The van der Waals surface area contributed by atoms with Crippen molar-refractivity contribution in [2.24, 2.45) is 0 Å². The number of Topliss-reactive ketones (excluding diaryl/α,β-unsaturated/α-hetero) is 1. The van der Waals surface area contributed by atoms with Crippen LogP contribution < -0.4 is 19.5 Å². The van der Waals surface area contributed by atoms with Gasteiger partial charge >= 0.3 is 5.97 Å². The number of allylic oxidation sites excluding steroid dienone is 3. The number of rotatable bonds is 7. The Morgan fingerprint density at radius 2 is 1.62 bits per heavy atom. The lowest BCUT2D eigenvalue weighted by Gasteiger charge is -2.37. The van der Waals surface area contributed by atoms with Crippen molar-refractivity contribution in [1.82, 2.24) is 5.32 Å².